The van der Waals surface area contributed by atoms with Crippen LogP contribution in [0.25, 0.3) is 0 Å². The predicted molar refractivity (Wildman–Crippen MR) is 73.3 cm³/mol. The van der Waals surface area contributed by atoms with Crippen LogP contribution in [0.1, 0.15) is 25.8 Å². The van der Waals surface area contributed by atoms with Gasteiger partial charge in [-0.25, -0.2) is 4.98 Å². The summed E-state index contributed by atoms with van der Waals surface area (Å²) < 4.78 is 0. The largest absolute Gasteiger partial charge is 0.384 e. The molecule has 0 amide bonds. The van der Waals surface area contributed by atoms with Crippen LogP contribution < -0.4 is 5.73 Å². The lowest BCUT2D eigenvalue weighted by atomic mass is 9.70. The molecule has 1 saturated heterocycles. The van der Waals surface area contributed by atoms with Gasteiger partial charge in [0.25, 0.3) is 0 Å². The van der Waals surface area contributed by atoms with Crippen LogP contribution >= 0.6 is 23.4 Å². The quantitative estimate of drug-likeness (QED) is 0.825. The predicted octanol–water partition coefficient (Wildman–Crippen LogP) is 2.67. The summed E-state index contributed by atoms with van der Waals surface area (Å²) in [5.41, 5.74) is 5.36. The highest BCUT2D eigenvalue weighted by atomic mass is 35.5. The highest BCUT2D eigenvalue weighted by Crippen LogP contribution is 2.49. The minimum Gasteiger partial charge on any atom is -0.384 e. The van der Waals surface area contributed by atoms with Gasteiger partial charge in [0.05, 0.1) is 5.02 Å². The fourth-order valence-electron chi connectivity index (χ4n) is 2.17. The maximum Gasteiger partial charge on any atom is 0.129 e. The number of thioether (sulfide) groups is 1. The zero-order valence-corrected chi connectivity index (χ0v) is 11.6. The number of hydrogen-bond acceptors (Lipinski definition) is 4. The van der Waals surface area contributed by atoms with E-state index in [-0.39, 0.29) is 5.41 Å². The molecule has 5 heteroatoms. The molecule has 0 saturated carbocycles. The molecule has 3 N–H and O–H groups in total. The summed E-state index contributed by atoms with van der Waals surface area (Å²) in [7, 11) is 0. The molecule has 1 unspecified atom stereocenters. The number of hydrogen-bond donors (Lipinski definition) is 2. The Labute approximate surface area is 111 Å². The van der Waals surface area contributed by atoms with Crippen LogP contribution in [0.3, 0.4) is 0 Å². The van der Waals surface area contributed by atoms with Gasteiger partial charge in [-0.1, -0.05) is 25.4 Å². The average molecular weight is 273 g/mol. The second kappa shape index (κ2) is 4.34. The number of aromatic nitrogens is 1. The van der Waals surface area contributed by atoms with Gasteiger partial charge < -0.3 is 10.8 Å². The number of pyridine rings is 1. The van der Waals surface area contributed by atoms with Crippen LogP contribution in [0.4, 0.5) is 5.82 Å². The molecule has 2 heterocycles. The van der Waals surface area contributed by atoms with Gasteiger partial charge >= 0.3 is 0 Å². The molecule has 0 bridgehead atoms. The van der Waals surface area contributed by atoms with E-state index in [9.17, 15) is 5.11 Å². The first-order chi connectivity index (χ1) is 7.87. The lowest BCUT2D eigenvalue weighted by molar-refractivity contribution is -0.0574. The van der Waals surface area contributed by atoms with E-state index in [0.29, 0.717) is 22.2 Å². The van der Waals surface area contributed by atoms with Crippen molar-refractivity contribution in [1.82, 2.24) is 4.98 Å². The molecule has 0 radical (unpaired) electrons. The molecular formula is C12H17ClN2OS. The van der Waals surface area contributed by atoms with Crippen LogP contribution in [0.2, 0.25) is 5.02 Å². The van der Waals surface area contributed by atoms with Crippen molar-refractivity contribution in [2.75, 3.05) is 17.2 Å². The Bertz CT molecular complexity index is 439. The first-order valence-electron chi connectivity index (χ1n) is 5.58. The van der Waals surface area contributed by atoms with Crippen molar-refractivity contribution in [3.8, 4) is 0 Å². The maximum absolute atomic E-state index is 11.0. The van der Waals surface area contributed by atoms with Crippen LogP contribution in [0, 0.1) is 5.41 Å². The highest BCUT2D eigenvalue weighted by Gasteiger charge is 2.48. The van der Waals surface area contributed by atoms with Crippen LogP contribution in [-0.4, -0.2) is 21.6 Å². The van der Waals surface area contributed by atoms with E-state index in [1.165, 1.54) is 6.20 Å². The Kier molecular flexibility index (Phi) is 3.31. The van der Waals surface area contributed by atoms with E-state index in [1.54, 1.807) is 17.8 Å². The standard InChI is InChI=1S/C12H17ClN2OS/c1-11(2)3-4-17-7-12(11,16)9-5-8(13)6-15-10(9)14/h5-6,16H,3-4,7H2,1-2H3,(H2,14,15). The first kappa shape index (κ1) is 13.0. The second-order valence-corrected chi connectivity index (χ2v) is 6.67. The third kappa shape index (κ3) is 2.14. The van der Waals surface area contributed by atoms with Gasteiger partial charge in [-0.2, -0.15) is 11.8 Å². The van der Waals surface area contributed by atoms with E-state index in [4.69, 9.17) is 17.3 Å². The lowest BCUT2D eigenvalue weighted by Gasteiger charge is -2.46. The fraction of sp³-hybridized carbons (Fsp3) is 0.583. The van der Waals surface area contributed by atoms with Gasteiger partial charge in [0.1, 0.15) is 11.4 Å². The zero-order valence-electron chi connectivity index (χ0n) is 10.0. The first-order valence-corrected chi connectivity index (χ1v) is 7.12. The molecule has 2 rings (SSSR count). The van der Waals surface area contributed by atoms with Crippen LogP contribution in [0.5, 0.6) is 0 Å². The van der Waals surface area contributed by atoms with Gasteiger partial charge in [-0.3, -0.25) is 0 Å². The number of nitrogen functional groups attached to an aromatic ring is 1. The second-order valence-electron chi connectivity index (χ2n) is 5.13. The molecule has 0 aliphatic carbocycles. The molecule has 1 fully saturated rings. The summed E-state index contributed by atoms with van der Waals surface area (Å²) >= 11 is 7.69. The van der Waals surface area contributed by atoms with Crippen molar-refractivity contribution in [2.24, 2.45) is 5.41 Å². The summed E-state index contributed by atoms with van der Waals surface area (Å²) in [5.74, 6) is 2.06. The molecule has 0 aromatic carbocycles. The number of halogens is 1. The molecule has 1 atom stereocenters. The Hall–Kier alpha value is -0.450. The van der Waals surface area contributed by atoms with Crippen molar-refractivity contribution in [3.63, 3.8) is 0 Å². The third-order valence-corrected chi connectivity index (χ3v) is 4.95. The van der Waals surface area contributed by atoms with E-state index >= 15 is 0 Å². The number of rotatable bonds is 1. The van der Waals surface area contributed by atoms with Crippen LogP contribution in [-0.2, 0) is 5.60 Å². The van der Waals surface area contributed by atoms with Gasteiger partial charge in [0.15, 0.2) is 0 Å². The minimum absolute atomic E-state index is 0.223. The number of anilines is 1. The monoisotopic (exact) mass is 272 g/mol. The van der Waals surface area contributed by atoms with Crippen LogP contribution in [0.15, 0.2) is 12.3 Å². The molecule has 94 valence electrons. The Morgan fingerprint density at radius 1 is 1.53 bits per heavy atom. The van der Waals surface area contributed by atoms with Crippen molar-refractivity contribution in [3.05, 3.63) is 22.8 Å². The Balaban J connectivity index is 2.52. The summed E-state index contributed by atoms with van der Waals surface area (Å²) in [5, 5.41) is 11.5. The Morgan fingerprint density at radius 2 is 2.24 bits per heavy atom. The summed E-state index contributed by atoms with van der Waals surface area (Å²) in [4.78, 5) is 4.04. The van der Waals surface area contributed by atoms with Gasteiger partial charge in [0.2, 0.25) is 0 Å². The average Bonchev–Trinajstić information content (AvgIpc) is 2.26. The van der Waals surface area contributed by atoms with E-state index in [1.807, 2.05) is 0 Å². The highest BCUT2D eigenvalue weighted by molar-refractivity contribution is 7.99. The number of nitrogens with zero attached hydrogens (tertiary/aromatic N) is 1. The number of aliphatic hydroxyl groups is 1. The topological polar surface area (TPSA) is 59.1 Å². The molecule has 1 aromatic rings. The maximum atomic E-state index is 11.0. The number of nitrogens with two attached hydrogens (primary N) is 1. The van der Waals surface area contributed by atoms with Crippen molar-refractivity contribution in [2.45, 2.75) is 25.9 Å². The molecular weight excluding hydrogens is 256 g/mol. The SMILES string of the molecule is CC1(C)CCSCC1(O)c1cc(Cl)cnc1N. The molecule has 17 heavy (non-hydrogen) atoms. The minimum atomic E-state index is -0.960. The van der Waals surface area contributed by atoms with E-state index < -0.39 is 5.60 Å². The summed E-state index contributed by atoms with van der Waals surface area (Å²) in [6.45, 7) is 4.13. The van der Waals surface area contributed by atoms with Gasteiger partial charge in [-0.15, -0.1) is 0 Å². The molecule has 0 spiro atoms. The summed E-state index contributed by atoms with van der Waals surface area (Å²) in [6, 6.07) is 1.73. The molecule has 3 nitrogen and oxygen atoms in total. The van der Waals surface area contributed by atoms with Gasteiger partial charge in [-0.05, 0) is 23.7 Å². The van der Waals surface area contributed by atoms with Crippen molar-refractivity contribution < 1.29 is 5.11 Å². The van der Waals surface area contributed by atoms with Crippen molar-refractivity contribution in [1.29, 1.82) is 0 Å². The fourth-order valence-corrected chi connectivity index (χ4v) is 3.97. The molecule has 1 aliphatic rings. The summed E-state index contributed by atoms with van der Waals surface area (Å²) in [6.07, 6.45) is 2.45. The molecule has 1 aliphatic heterocycles. The molecule has 1 aromatic heterocycles. The zero-order chi connectivity index (χ0) is 12.7. The normalized spacial score (nSPS) is 28.0. The Morgan fingerprint density at radius 3 is 2.88 bits per heavy atom. The van der Waals surface area contributed by atoms with Gasteiger partial charge in [0, 0.05) is 17.5 Å². The third-order valence-electron chi connectivity index (χ3n) is 3.63. The smallest absolute Gasteiger partial charge is 0.129 e. The van der Waals surface area contributed by atoms with E-state index in [0.717, 1.165) is 12.2 Å². The lowest BCUT2D eigenvalue weighted by Crippen LogP contribution is -2.47. The van der Waals surface area contributed by atoms with Crippen molar-refractivity contribution >= 4 is 29.2 Å². The van der Waals surface area contributed by atoms with E-state index in [2.05, 4.69) is 18.8 Å².